The predicted molar refractivity (Wildman–Crippen MR) is 90.6 cm³/mol. The normalized spacial score (nSPS) is 19.4. The molecule has 0 bridgehead atoms. The van der Waals surface area contributed by atoms with Gasteiger partial charge in [-0.15, -0.1) is 0 Å². The van der Waals surface area contributed by atoms with E-state index in [0.717, 1.165) is 43.7 Å². The van der Waals surface area contributed by atoms with Crippen LogP contribution in [0, 0.1) is 13.8 Å². The quantitative estimate of drug-likeness (QED) is 0.844. The fourth-order valence-electron chi connectivity index (χ4n) is 3.13. The average Bonchev–Trinajstić information content (AvgIpc) is 2.74. The Morgan fingerprint density at radius 1 is 1.43 bits per heavy atom. The Labute approximate surface area is 139 Å². The third kappa shape index (κ3) is 5.23. The molecule has 0 aliphatic carbocycles. The molecule has 6 nitrogen and oxygen atoms in total. The molecule has 23 heavy (non-hydrogen) atoms. The summed E-state index contributed by atoms with van der Waals surface area (Å²) in [5.74, 6) is 0. The summed E-state index contributed by atoms with van der Waals surface area (Å²) >= 11 is 0. The van der Waals surface area contributed by atoms with Crippen LogP contribution in [-0.2, 0) is 18.2 Å². The van der Waals surface area contributed by atoms with Crippen molar-refractivity contribution in [3.63, 3.8) is 0 Å². The largest absolute Gasteiger partial charge is 0.378 e. The van der Waals surface area contributed by atoms with Crippen LogP contribution < -0.4 is 10.6 Å². The molecular weight excluding hydrogens is 292 g/mol. The van der Waals surface area contributed by atoms with Crippen molar-refractivity contribution in [2.75, 3.05) is 13.2 Å². The van der Waals surface area contributed by atoms with Gasteiger partial charge in [-0.05, 0) is 58.4 Å². The van der Waals surface area contributed by atoms with Gasteiger partial charge in [0, 0.05) is 31.9 Å². The van der Waals surface area contributed by atoms with Crippen LogP contribution in [0.4, 0.5) is 4.79 Å². The summed E-state index contributed by atoms with van der Waals surface area (Å²) in [4.78, 5) is 12.0. The highest BCUT2D eigenvalue weighted by molar-refractivity contribution is 5.74. The van der Waals surface area contributed by atoms with E-state index in [1.807, 2.05) is 25.6 Å². The minimum absolute atomic E-state index is 0.0718. The Morgan fingerprint density at radius 2 is 2.22 bits per heavy atom. The lowest BCUT2D eigenvalue weighted by Gasteiger charge is -2.22. The van der Waals surface area contributed by atoms with E-state index < -0.39 is 0 Å². The lowest BCUT2D eigenvalue weighted by atomic mass is 10.1. The number of rotatable bonds is 6. The molecule has 0 radical (unpaired) electrons. The zero-order valence-corrected chi connectivity index (χ0v) is 14.8. The number of ether oxygens (including phenoxy) is 1. The van der Waals surface area contributed by atoms with E-state index in [1.54, 1.807) is 0 Å². The predicted octanol–water partition coefficient (Wildman–Crippen LogP) is 2.23. The molecule has 1 fully saturated rings. The number of nitrogens with zero attached hydrogens (tertiary/aromatic N) is 2. The van der Waals surface area contributed by atoms with Crippen LogP contribution in [0.3, 0.4) is 0 Å². The molecule has 0 spiro atoms. The van der Waals surface area contributed by atoms with Crippen molar-refractivity contribution < 1.29 is 9.53 Å². The molecule has 0 aromatic carbocycles. The molecule has 1 saturated heterocycles. The van der Waals surface area contributed by atoms with E-state index in [4.69, 9.17) is 4.74 Å². The summed E-state index contributed by atoms with van der Waals surface area (Å²) in [6, 6.07) is -0.0324. The van der Waals surface area contributed by atoms with Gasteiger partial charge in [0.15, 0.2) is 0 Å². The second-order valence-electron chi connectivity index (χ2n) is 6.56. The van der Waals surface area contributed by atoms with Gasteiger partial charge in [-0.25, -0.2) is 4.79 Å². The lowest BCUT2D eigenvalue weighted by molar-refractivity contribution is 0.0120. The van der Waals surface area contributed by atoms with Gasteiger partial charge in [0.1, 0.15) is 0 Å². The highest BCUT2D eigenvalue weighted by Crippen LogP contribution is 2.15. The molecular formula is C17H30N4O2. The fourth-order valence-corrected chi connectivity index (χ4v) is 3.13. The second kappa shape index (κ2) is 8.34. The highest BCUT2D eigenvalue weighted by atomic mass is 16.5. The maximum Gasteiger partial charge on any atom is 0.315 e. The monoisotopic (exact) mass is 322 g/mol. The molecule has 2 amide bonds. The van der Waals surface area contributed by atoms with Gasteiger partial charge in [0.05, 0.1) is 11.8 Å². The minimum atomic E-state index is -0.104. The Balaban J connectivity index is 1.69. The molecule has 0 saturated carbocycles. The number of nitrogens with one attached hydrogen (secondary N) is 2. The van der Waals surface area contributed by atoms with Gasteiger partial charge in [-0.2, -0.15) is 5.10 Å². The van der Waals surface area contributed by atoms with Crippen LogP contribution >= 0.6 is 0 Å². The van der Waals surface area contributed by atoms with Crippen LogP contribution in [0.1, 0.15) is 49.6 Å². The van der Waals surface area contributed by atoms with Crippen molar-refractivity contribution in [3.8, 4) is 0 Å². The number of carbonyl (C=O) groups is 1. The molecule has 130 valence electrons. The highest BCUT2D eigenvalue weighted by Gasteiger charge is 2.16. The van der Waals surface area contributed by atoms with Gasteiger partial charge >= 0.3 is 6.03 Å². The molecule has 1 aliphatic heterocycles. The van der Waals surface area contributed by atoms with E-state index in [9.17, 15) is 4.79 Å². The number of hydrogen-bond acceptors (Lipinski definition) is 3. The van der Waals surface area contributed by atoms with Crippen molar-refractivity contribution in [2.24, 2.45) is 7.05 Å². The first kappa shape index (κ1) is 17.8. The van der Waals surface area contributed by atoms with Crippen molar-refractivity contribution in [1.82, 2.24) is 20.4 Å². The Kier molecular flexibility index (Phi) is 6.45. The van der Waals surface area contributed by atoms with E-state index in [1.165, 1.54) is 12.0 Å². The van der Waals surface area contributed by atoms with E-state index in [-0.39, 0.29) is 12.1 Å². The van der Waals surface area contributed by atoms with Crippen molar-refractivity contribution in [1.29, 1.82) is 0 Å². The first-order valence-electron chi connectivity index (χ1n) is 8.62. The number of hydrogen-bond donors (Lipinski definition) is 2. The molecule has 1 aromatic heterocycles. The fraction of sp³-hybridized carbons (Fsp3) is 0.765. The maximum atomic E-state index is 12.0. The van der Waals surface area contributed by atoms with E-state index >= 15 is 0 Å². The summed E-state index contributed by atoms with van der Waals surface area (Å²) in [6.07, 6.45) is 5.50. The Hall–Kier alpha value is -1.56. The zero-order valence-electron chi connectivity index (χ0n) is 14.8. The minimum Gasteiger partial charge on any atom is -0.378 e. The van der Waals surface area contributed by atoms with Gasteiger partial charge in [-0.1, -0.05) is 0 Å². The lowest BCUT2D eigenvalue weighted by Crippen LogP contribution is -2.42. The van der Waals surface area contributed by atoms with E-state index in [2.05, 4.69) is 22.7 Å². The first-order valence-corrected chi connectivity index (χ1v) is 8.62. The summed E-state index contributed by atoms with van der Waals surface area (Å²) in [6.45, 7) is 7.62. The zero-order chi connectivity index (χ0) is 16.8. The standard InChI is InChI=1S/C17H30N4O2/c1-12(11-16-13(2)20-21(4)14(16)3)19-17(22)18-9-8-15-7-5-6-10-23-15/h12,15H,5-11H2,1-4H3,(H2,18,19,22)/t12-,15+/m1/s1. The summed E-state index contributed by atoms with van der Waals surface area (Å²) in [5, 5.41) is 10.4. The number of urea groups is 1. The van der Waals surface area contributed by atoms with Gasteiger partial charge in [-0.3, -0.25) is 4.68 Å². The van der Waals surface area contributed by atoms with Crippen LogP contribution in [0.15, 0.2) is 0 Å². The second-order valence-corrected chi connectivity index (χ2v) is 6.56. The third-order valence-corrected chi connectivity index (χ3v) is 4.57. The number of amides is 2. The average molecular weight is 322 g/mol. The van der Waals surface area contributed by atoms with Crippen LogP contribution in [-0.4, -0.2) is 41.1 Å². The Bertz CT molecular complexity index is 521. The van der Waals surface area contributed by atoms with Gasteiger partial charge in [0.25, 0.3) is 0 Å². The SMILES string of the molecule is Cc1nn(C)c(C)c1C[C@@H](C)NC(=O)NCC[C@@H]1CCCCO1. The molecule has 2 rings (SSSR count). The molecule has 2 atom stereocenters. The molecule has 6 heteroatoms. The van der Waals surface area contributed by atoms with Crippen LogP contribution in [0.5, 0.6) is 0 Å². The maximum absolute atomic E-state index is 12.0. The summed E-state index contributed by atoms with van der Waals surface area (Å²) in [5.41, 5.74) is 3.41. The van der Waals surface area contributed by atoms with Crippen LogP contribution in [0.25, 0.3) is 0 Å². The third-order valence-electron chi connectivity index (χ3n) is 4.57. The molecule has 2 heterocycles. The molecule has 2 N–H and O–H groups in total. The van der Waals surface area contributed by atoms with Gasteiger partial charge < -0.3 is 15.4 Å². The van der Waals surface area contributed by atoms with Crippen molar-refractivity contribution in [3.05, 3.63) is 17.0 Å². The smallest absolute Gasteiger partial charge is 0.315 e. The molecule has 1 aromatic rings. The van der Waals surface area contributed by atoms with Gasteiger partial charge in [0.2, 0.25) is 0 Å². The Morgan fingerprint density at radius 3 is 2.83 bits per heavy atom. The molecule has 1 aliphatic rings. The number of aryl methyl sites for hydroxylation is 2. The summed E-state index contributed by atoms with van der Waals surface area (Å²) < 4.78 is 7.56. The van der Waals surface area contributed by atoms with Crippen LogP contribution in [0.2, 0.25) is 0 Å². The topological polar surface area (TPSA) is 68.2 Å². The number of carbonyl (C=O) groups excluding carboxylic acids is 1. The van der Waals surface area contributed by atoms with E-state index in [0.29, 0.717) is 12.6 Å². The molecule has 0 unspecified atom stereocenters. The first-order chi connectivity index (χ1) is 11.0. The number of aromatic nitrogens is 2. The van der Waals surface area contributed by atoms with Crippen molar-refractivity contribution >= 4 is 6.03 Å². The summed E-state index contributed by atoms with van der Waals surface area (Å²) in [7, 11) is 1.95. The van der Waals surface area contributed by atoms with Crippen molar-refractivity contribution in [2.45, 2.75) is 65.0 Å².